The summed E-state index contributed by atoms with van der Waals surface area (Å²) in [6.07, 6.45) is 1.38. The third-order valence-electron chi connectivity index (χ3n) is 3.00. The summed E-state index contributed by atoms with van der Waals surface area (Å²) in [6.45, 7) is 1.23. The highest BCUT2D eigenvalue weighted by molar-refractivity contribution is 8.00. The van der Waals surface area contributed by atoms with Gasteiger partial charge in [-0.15, -0.1) is 0 Å². The van der Waals surface area contributed by atoms with Gasteiger partial charge in [0.2, 0.25) is 0 Å². The van der Waals surface area contributed by atoms with E-state index < -0.39 is 17.0 Å². The standard InChI is InChI=1S/C15H14F3NO3S/c1-14(21,12-7-4-8-22-12)9-19-13(20)10-5-2-3-6-11(10)23-15(16,17)18/h2-8,21H,9H2,1H3,(H,19,20)/t14-/m0/s1. The van der Waals surface area contributed by atoms with Crippen molar-refractivity contribution in [3.8, 4) is 0 Å². The lowest BCUT2D eigenvalue weighted by Crippen LogP contribution is -2.38. The number of aliphatic hydroxyl groups is 1. The first-order valence-corrected chi connectivity index (χ1v) is 7.40. The van der Waals surface area contributed by atoms with Crippen molar-refractivity contribution in [3.05, 3.63) is 54.0 Å². The van der Waals surface area contributed by atoms with Crippen molar-refractivity contribution in [1.82, 2.24) is 5.32 Å². The highest BCUT2D eigenvalue weighted by atomic mass is 32.2. The van der Waals surface area contributed by atoms with Crippen LogP contribution in [0.25, 0.3) is 0 Å². The van der Waals surface area contributed by atoms with Crippen molar-refractivity contribution >= 4 is 17.7 Å². The van der Waals surface area contributed by atoms with Crippen molar-refractivity contribution in [2.75, 3.05) is 6.54 Å². The molecule has 0 unspecified atom stereocenters. The molecule has 0 aliphatic carbocycles. The SMILES string of the molecule is C[C@](O)(CNC(=O)c1ccccc1SC(F)(F)F)c1ccco1. The number of nitrogens with one attached hydrogen (secondary N) is 1. The van der Waals surface area contributed by atoms with Gasteiger partial charge in [-0.05, 0) is 43.0 Å². The lowest BCUT2D eigenvalue weighted by atomic mass is 10.0. The van der Waals surface area contributed by atoms with Crippen LogP contribution in [0.2, 0.25) is 0 Å². The van der Waals surface area contributed by atoms with Crippen LogP contribution in [-0.2, 0) is 5.60 Å². The highest BCUT2D eigenvalue weighted by Crippen LogP contribution is 2.38. The maximum absolute atomic E-state index is 12.5. The first kappa shape index (κ1) is 17.4. The number of carbonyl (C=O) groups excluding carboxylic acids is 1. The molecule has 0 bridgehead atoms. The summed E-state index contributed by atoms with van der Waals surface area (Å²) < 4.78 is 42.6. The quantitative estimate of drug-likeness (QED) is 0.814. The number of hydrogen-bond acceptors (Lipinski definition) is 4. The topological polar surface area (TPSA) is 62.5 Å². The number of furan rings is 1. The molecule has 0 saturated heterocycles. The van der Waals surface area contributed by atoms with E-state index in [0.29, 0.717) is 0 Å². The van der Waals surface area contributed by atoms with Crippen molar-refractivity contribution in [2.45, 2.75) is 22.9 Å². The van der Waals surface area contributed by atoms with Crippen LogP contribution in [0.4, 0.5) is 13.2 Å². The van der Waals surface area contributed by atoms with E-state index in [1.807, 2.05) is 0 Å². The van der Waals surface area contributed by atoms with Crippen LogP contribution in [-0.4, -0.2) is 23.1 Å². The van der Waals surface area contributed by atoms with Gasteiger partial charge < -0.3 is 14.8 Å². The van der Waals surface area contributed by atoms with Crippen LogP contribution in [0.1, 0.15) is 23.0 Å². The predicted octanol–water partition coefficient (Wildman–Crippen LogP) is 3.53. The number of benzene rings is 1. The van der Waals surface area contributed by atoms with Gasteiger partial charge in [0.05, 0.1) is 18.4 Å². The highest BCUT2D eigenvalue weighted by Gasteiger charge is 2.32. The molecule has 8 heteroatoms. The van der Waals surface area contributed by atoms with Crippen LogP contribution < -0.4 is 5.32 Å². The Kier molecular flexibility index (Phi) is 5.06. The zero-order chi connectivity index (χ0) is 17.1. The minimum Gasteiger partial charge on any atom is -0.466 e. The Bertz CT molecular complexity index is 669. The second-order valence-electron chi connectivity index (χ2n) is 4.98. The van der Waals surface area contributed by atoms with E-state index >= 15 is 0 Å². The normalized spacial score (nSPS) is 14.3. The summed E-state index contributed by atoms with van der Waals surface area (Å²) in [7, 11) is 0. The summed E-state index contributed by atoms with van der Waals surface area (Å²) in [5.41, 5.74) is -6.06. The lowest BCUT2D eigenvalue weighted by Gasteiger charge is -2.21. The maximum Gasteiger partial charge on any atom is 0.446 e. The van der Waals surface area contributed by atoms with Gasteiger partial charge in [-0.2, -0.15) is 13.2 Å². The van der Waals surface area contributed by atoms with E-state index in [0.717, 1.165) is 0 Å². The number of alkyl halides is 3. The fraction of sp³-hybridized carbons (Fsp3) is 0.267. The molecule has 0 aliphatic heterocycles. The largest absolute Gasteiger partial charge is 0.466 e. The molecule has 0 spiro atoms. The number of carbonyl (C=O) groups is 1. The van der Waals surface area contributed by atoms with Gasteiger partial charge in [-0.3, -0.25) is 4.79 Å². The Morgan fingerprint density at radius 1 is 1.26 bits per heavy atom. The van der Waals surface area contributed by atoms with Gasteiger partial charge in [-0.1, -0.05) is 12.1 Å². The molecule has 4 nitrogen and oxygen atoms in total. The summed E-state index contributed by atoms with van der Waals surface area (Å²) in [5, 5.41) is 12.7. The van der Waals surface area contributed by atoms with E-state index in [1.165, 1.54) is 37.5 Å². The second kappa shape index (κ2) is 6.67. The average molecular weight is 345 g/mol. The van der Waals surface area contributed by atoms with Gasteiger partial charge >= 0.3 is 5.51 Å². The Hall–Kier alpha value is -1.93. The first-order chi connectivity index (χ1) is 10.7. The molecule has 1 amide bonds. The zero-order valence-electron chi connectivity index (χ0n) is 12.1. The van der Waals surface area contributed by atoms with Gasteiger partial charge in [0.25, 0.3) is 5.91 Å². The fourth-order valence-corrected chi connectivity index (χ4v) is 2.55. The van der Waals surface area contributed by atoms with Crippen LogP contribution in [0.3, 0.4) is 0 Å². The van der Waals surface area contributed by atoms with Crippen molar-refractivity contribution in [3.63, 3.8) is 0 Å². The second-order valence-corrected chi connectivity index (χ2v) is 6.08. The molecular weight excluding hydrogens is 331 g/mol. The summed E-state index contributed by atoms with van der Waals surface area (Å²) in [4.78, 5) is 11.9. The van der Waals surface area contributed by atoms with Crippen molar-refractivity contribution in [2.24, 2.45) is 0 Å². The molecule has 0 aliphatic rings. The Morgan fingerprint density at radius 3 is 2.57 bits per heavy atom. The van der Waals surface area contributed by atoms with Crippen LogP contribution >= 0.6 is 11.8 Å². The summed E-state index contributed by atoms with van der Waals surface area (Å²) in [6, 6.07) is 8.53. The van der Waals surface area contributed by atoms with Crippen molar-refractivity contribution < 1.29 is 27.5 Å². The molecule has 23 heavy (non-hydrogen) atoms. The molecule has 2 rings (SSSR count). The number of rotatable bonds is 5. The van der Waals surface area contributed by atoms with Crippen LogP contribution in [0.15, 0.2) is 52.0 Å². The fourth-order valence-electron chi connectivity index (χ4n) is 1.89. The molecule has 1 atom stereocenters. The zero-order valence-corrected chi connectivity index (χ0v) is 12.9. The van der Waals surface area contributed by atoms with E-state index in [-0.39, 0.29) is 34.5 Å². The Balaban J connectivity index is 2.10. The molecule has 0 radical (unpaired) electrons. The third-order valence-corrected chi connectivity index (χ3v) is 3.81. The monoisotopic (exact) mass is 345 g/mol. The van der Waals surface area contributed by atoms with Gasteiger partial charge in [-0.25, -0.2) is 0 Å². The third kappa shape index (κ3) is 4.77. The van der Waals surface area contributed by atoms with Gasteiger partial charge in [0.15, 0.2) is 0 Å². The van der Waals surface area contributed by atoms with Crippen LogP contribution in [0, 0.1) is 0 Å². The molecule has 2 aromatic rings. The van der Waals surface area contributed by atoms with E-state index in [9.17, 15) is 23.1 Å². The first-order valence-electron chi connectivity index (χ1n) is 6.58. The van der Waals surface area contributed by atoms with E-state index in [1.54, 1.807) is 12.1 Å². The minimum atomic E-state index is -4.49. The average Bonchev–Trinajstić information content (AvgIpc) is 2.99. The van der Waals surface area contributed by atoms with E-state index in [2.05, 4.69) is 5.32 Å². The summed E-state index contributed by atoms with van der Waals surface area (Å²) in [5.74, 6) is -0.458. The molecule has 1 aromatic carbocycles. The molecule has 2 N–H and O–H groups in total. The van der Waals surface area contributed by atoms with Crippen molar-refractivity contribution in [1.29, 1.82) is 0 Å². The molecule has 0 saturated carbocycles. The van der Waals surface area contributed by atoms with Gasteiger partial charge in [0.1, 0.15) is 11.4 Å². The molecular formula is C15H14F3NO3S. The molecule has 124 valence electrons. The molecule has 1 aromatic heterocycles. The molecule has 1 heterocycles. The number of amides is 1. The minimum absolute atomic E-state index is 0.106. The number of thioether (sulfide) groups is 1. The lowest BCUT2D eigenvalue weighted by molar-refractivity contribution is -0.0328. The summed E-state index contributed by atoms with van der Waals surface area (Å²) >= 11 is -0.355. The Morgan fingerprint density at radius 2 is 1.96 bits per heavy atom. The number of halogens is 3. The van der Waals surface area contributed by atoms with Gasteiger partial charge in [0, 0.05) is 4.90 Å². The number of hydrogen-bond donors (Lipinski definition) is 2. The Labute approximate surface area is 134 Å². The van der Waals surface area contributed by atoms with E-state index in [4.69, 9.17) is 4.42 Å². The molecule has 0 fully saturated rings. The van der Waals surface area contributed by atoms with Crippen LogP contribution in [0.5, 0.6) is 0 Å². The predicted molar refractivity (Wildman–Crippen MR) is 79.0 cm³/mol. The smallest absolute Gasteiger partial charge is 0.446 e. The maximum atomic E-state index is 12.5.